The maximum Gasteiger partial charge on any atom is 0.193 e. The Morgan fingerprint density at radius 3 is 2.55 bits per heavy atom. The summed E-state index contributed by atoms with van der Waals surface area (Å²) in [5, 5.41) is 10.4. The summed E-state index contributed by atoms with van der Waals surface area (Å²) in [7, 11) is 0. The summed E-state index contributed by atoms with van der Waals surface area (Å²) < 4.78 is 5.84. The number of aryl methyl sites for hydroxylation is 2. The van der Waals surface area contributed by atoms with Gasteiger partial charge < -0.3 is 9.52 Å². The van der Waals surface area contributed by atoms with E-state index in [1.54, 1.807) is 24.3 Å². The zero-order valence-corrected chi connectivity index (χ0v) is 11.3. The Kier molecular flexibility index (Phi) is 2.83. The molecule has 3 heteroatoms. The van der Waals surface area contributed by atoms with Crippen LogP contribution in [0, 0.1) is 13.8 Å². The van der Waals surface area contributed by atoms with E-state index in [4.69, 9.17) is 4.42 Å². The van der Waals surface area contributed by atoms with E-state index in [0.717, 1.165) is 11.1 Å². The van der Waals surface area contributed by atoms with Gasteiger partial charge in [-0.05, 0) is 43.2 Å². The number of phenolic OH excluding ortho intramolecular Hbond substituents is 1. The highest BCUT2D eigenvalue weighted by molar-refractivity contribution is 5.82. The molecule has 0 amide bonds. The van der Waals surface area contributed by atoms with Gasteiger partial charge in [0, 0.05) is 6.07 Å². The molecule has 0 unspecified atom stereocenters. The molecule has 0 fully saturated rings. The Hall–Kier alpha value is -2.55. The minimum atomic E-state index is -0.101. The summed E-state index contributed by atoms with van der Waals surface area (Å²) in [4.78, 5) is 12.2. The van der Waals surface area contributed by atoms with Crippen molar-refractivity contribution in [1.82, 2.24) is 0 Å². The van der Waals surface area contributed by atoms with Gasteiger partial charge in [0.1, 0.15) is 17.1 Å². The summed E-state index contributed by atoms with van der Waals surface area (Å²) in [6, 6.07) is 12.0. The first kappa shape index (κ1) is 12.5. The summed E-state index contributed by atoms with van der Waals surface area (Å²) in [6.07, 6.45) is 0. The Bertz CT molecular complexity index is 860. The third-order valence-corrected chi connectivity index (χ3v) is 3.33. The Balaban J connectivity index is 2.36. The fraction of sp³-hybridized carbons (Fsp3) is 0.118. The monoisotopic (exact) mass is 266 g/mol. The zero-order valence-electron chi connectivity index (χ0n) is 11.3. The number of para-hydroxylation sites is 1. The van der Waals surface area contributed by atoms with Crippen LogP contribution in [0.15, 0.2) is 51.7 Å². The van der Waals surface area contributed by atoms with Crippen LogP contribution in [0.25, 0.3) is 22.3 Å². The Labute approximate surface area is 116 Å². The van der Waals surface area contributed by atoms with Crippen molar-refractivity contribution in [3.63, 3.8) is 0 Å². The second-order valence-electron chi connectivity index (χ2n) is 4.95. The molecule has 0 aliphatic carbocycles. The standard InChI is InChI=1S/C17H14O3/c1-10-7-11(2)17-13(8-10)15(19)9-16(20-17)12-5-3-4-6-14(12)18/h3-9,18H,1-2H3. The molecule has 0 aliphatic rings. The third-order valence-electron chi connectivity index (χ3n) is 3.33. The van der Waals surface area contributed by atoms with Gasteiger partial charge >= 0.3 is 0 Å². The molecule has 3 nitrogen and oxygen atoms in total. The molecule has 100 valence electrons. The number of fused-ring (bicyclic) bond motifs is 1. The molecule has 0 spiro atoms. The maximum absolute atomic E-state index is 12.2. The van der Waals surface area contributed by atoms with Gasteiger partial charge in [-0.25, -0.2) is 0 Å². The molecule has 0 radical (unpaired) electrons. The molecule has 1 N–H and O–H groups in total. The van der Waals surface area contributed by atoms with Crippen molar-refractivity contribution in [1.29, 1.82) is 0 Å². The number of hydrogen-bond donors (Lipinski definition) is 1. The van der Waals surface area contributed by atoms with Crippen molar-refractivity contribution in [2.24, 2.45) is 0 Å². The van der Waals surface area contributed by atoms with E-state index in [9.17, 15) is 9.90 Å². The smallest absolute Gasteiger partial charge is 0.193 e. The average molecular weight is 266 g/mol. The van der Waals surface area contributed by atoms with Crippen molar-refractivity contribution < 1.29 is 9.52 Å². The van der Waals surface area contributed by atoms with Gasteiger partial charge in [-0.3, -0.25) is 4.79 Å². The van der Waals surface area contributed by atoms with Crippen LogP contribution in [-0.2, 0) is 0 Å². The lowest BCUT2D eigenvalue weighted by Crippen LogP contribution is -2.02. The highest BCUT2D eigenvalue weighted by Gasteiger charge is 2.11. The van der Waals surface area contributed by atoms with E-state index >= 15 is 0 Å². The molecule has 1 heterocycles. The first-order valence-electron chi connectivity index (χ1n) is 6.40. The quantitative estimate of drug-likeness (QED) is 0.729. The highest BCUT2D eigenvalue weighted by atomic mass is 16.3. The molecule has 20 heavy (non-hydrogen) atoms. The molecule has 3 rings (SSSR count). The second-order valence-corrected chi connectivity index (χ2v) is 4.95. The fourth-order valence-electron chi connectivity index (χ4n) is 2.42. The number of rotatable bonds is 1. The van der Waals surface area contributed by atoms with Crippen LogP contribution in [-0.4, -0.2) is 5.11 Å². The second kappa shape index (κ2) is 4.53. The van der Waals surface area contributed by atoms with Gasteiger partial charge in [-0.1, -0.05) is 18.2 Å². The topological polar surface area (TPSA) is 50.4 Å². The van der Waals surface area contributed by atoms with Gasteiger partial charge in [0.25, 0.3) is 0 Å². The van der Waals surface area contributed by atoms with E-state index in [1.807, 2.05) is 26.0 Å². The van der Waals surface area contributed by atoms with Crippen LogP contribution >= 0.6 is 0 Å². The maximum atomic E-state index is 12.2. The highest BCUT2D eigenvalue weighted by Crippen LogP contribution is 2.30. The van der Waals surface area contributed by atoms with E-state index in [0.29, 0.717) is 22.3 Å². The minimum Gasteiger partial charge on any atom is -0.507 e. The summed E-state index contributed by atoms with van der Waals surface area (Å²) in [5.74, 6) is 0.479. The van der Waals surface area contributed by atoms with Gasteiger partial charge in [0.2, 0.25) is 0 Å². The lowest BCUT2D eigenvalue weighted by Gasteiger charge is -2.07. The summed E-state index contributed by atoms with van der Waals surface area (Å²) >= 11 is 0. The van der Waals surface area contributed by atoms with E-state index in [-0.39, 0.29) is 11.2 Å². The fourth-order valence-corrected chi connectivity index (χ4v) is 2.42. The molecular formula is C17H14O3. The van der Waals surface area contributed by atoms with Crippen LogP contribution in [0.2, 0.25) is 0 Å². The number of phenols is 1. The molecule has 0 saturated carbocycles. The van der Waals surface area contributed by atoms with Crippen molar-refractivity contribution in [2.75, 3.05) is 0 Å². The largest absolute Gasteiger partial charge is 0.507 e. The van der Waals surface area contributed by atoms with Gasteiger partial charge in [-0.15, -0.1) is 0 Å². The van der Waals surface area contributed by atoms with E-state index in [1.165, 1.54) is 6.07 Å². The van der Waals surface area contributed by atoms with Gasteiger partial charge in [0.05, 0.1) is 10.9 Å². The molecule has 0 aliphatic heterocycles. The Morgan fingerprint density at radius 2 is 1.80 bits per heavy atom. The minimum absolute atomic E-state index is 0.0970. The van der Waals surface area contributed by atoms with Crippen LogP contribution in [0.3, 0.4) is 0 Å². The van der Waals surface area contributed by atoms with Gasteiger partial charge in [-0.2, -0.15) is 0 Å². The van der Waals surface area contributed by atoms with Crippen molar-refractivity contribution in [3.8, 4) is 17.1 Å². The van der Waals surface area contributed by atoms with Crippen molar-refractivity contribution in [3.05, 3.63) is 63.8 Å². The summed E-state index contributed by atoms with van der Waals surface area (Å²) in [6.45, 7) is 3.86. The van der Waals surface area contributed by atoms with Crippen LogP contribution < -0.4 is 5.43 Å². The SMILES string of the molecule is Cc1cc(C)c2oc(-c3ccccc3O)cc(=O)c2c1. The predicted molar refractivity (Wildman–Crippen MR) is 79.1 cm³/mol. The van der Waals surface area contributed by atoms with Crippen LogP contribution in [0.1, 0.15) is 11.1 Å². The van der Waals surface area contributed by atoms with E-state index < -0.39 is 0 Å². The molecule has 1 aromatic heterocycles. The average Bonchev–Trinajstić information content (AvgIpc) is 2.40. The van der Waals surface area contributed by atoms with Gasteiger partial charge in [0.15, 0.2) is 5.43 Å². The van der Waals surface area contributed by atoms with Crippen LogP contribution in [0.5, 0.6) is 5.75 Å². The predicted octanol–water partition coefficient (Wildman–Crippen LogP) is 3.78. The lowest BCUT2D eigenvalue weighted by atomic mass is 10.1. The number of aromatic hydroxyl groups is 1. The Morgan fingerprint density at radius 1 is 1.05 bits per heavy atom. The summed E-state index contributed by atoms with van der Waals surface area (Å²) in [5.41, 5.74) is 2.93. The van der Waals surface area contributed by atoms with Crippen LogP contribution in [0.4, 0.5) is 0 Å². The third kappa shape index (κ3) is 1.97. The normalized spacial score (nSPS) is 10.9. The molecule has 0 saturated heterocycles. The first-order valence-corrected chi connectivity index (χ1v) is 6.40. The molecule has 0 bridgehead atoms. The molecule has 0 atom stereocenters. The first-order chi connectivity index (χ1) is 9.56. The number of hydrogen-bond acceptors (Lipinski definition) is 3. The molecule has 2 aromatic carbocycles. The van der Waals surface area contributed by atoms with Crippen molar-refractivity contribution in [2.45, 2.75) is 13.8 Å². The molecule has 3 aromatic rings. The number of benzene rings is 2. The van der Waals surface area contributed by atoms with E-state index in [2.05, 4.69) is 0 Å². The molecular weight excluding hydrogens is 252 g/mol. The zero-order chi connectivity index (χ0) is 14.3. The lowest BCUT2D eigenvalue weighted by molar-refractivity contribution is 0.474. The van der Waals surface area contributed by atoms with Crippen molar-refractivity contribution >= 4 is 11.0 Å².